The summed E-state index contributed by atoms with van der Waals surface area (Å²) in [6.07, 6.45) is 0. The Bertz CT molecular complexity index is 733. The summed E-state index contributed by atoms with van der Waals surface area (Å²) in [5.41, 5.74) is 11.6. The van der Waals surface area contributed by atoms with E-state index in [1.807, 2.05) is 6.07 Å². The zero-order valence-electron chi connectivity index (χ0n) is 11.4. The molecule has 0 fully saturated rings. The van der Waals surface area contributed by atoms with Crippen molar-refractivity contribution in [3.05, 3.63) is 59.2 Å². The van der Waals surface area contributed by atoms with Crippen molar-refractivity contribution in [3.63, 3.8) is 0 Å². The molecule has 3 nitrogen and oxygen atoms in total. The fraction of sp³-hybridized carbons (Fsp3) is 0.188. The summed E-state index contributed by atoms with van der Waals surface area (Å²) in [6, 6.07) is 14.6. The number of aromatic nitrogens is 2. The number of hydrogen-bond acceptors (Lipinski definition) is 3. The number of imidazole rings is 1. The number of nitrogens with two attached hydrogens (primary N) is 1. The van der Waals surface area contributed by atoms with Crippen LogP contribution >= 0.6 is 11.8 Å². The second-order valence-electron chi connectivity index (χ2n) is 4.82. The molecule has 0 atom stereocenters. The lowest BCUT2D eigenvalue weighted by molar-refractivity contribution is 1.04. The molecule has 0 spiro atoms. The van der Waals surface area contributed by atoms with E-state index in [-0.39, 0.29) is 0 Å². The maximum Gasteiger partial charge on any atom is 0.166 e. The largest absolute Gasteiger partial charge is 0.333 e. The van der Waals surface area contributed by atoms with Gasteiger partial charge in [0.05, 0.1) is 11.0 Å². The Kier molecular flexibility index (Phi) is 3.76. The molecule has 3 rings (SSSR count). The molecule has 4 heteroatoms. The Balaban J connectivity index is 1.79. The molecular formula is C16H17N3S. The summed E-state index contributed by atoms with van der Waals surface area (Å²) in [5.74, 6) is 0.881. The summed E-state index contributed by atoms with van der Waals surface area (Å²) < 4.78 is 0. The number of fused-ring (bicyclic) bond motifs is 1. The molecule has 1 aromatic heterocycles. The van der Waals surface area contributed by atoms with Gasteiger partial charge in [0, 0.05) is 12.3 Å². The number of H-pyrrole nitrogens is 1. The third-order valence-electron chi connectivity index (χ3n) is 3.32. The molecule has 102 valence electrons. The zero-order chi connectivity index (χ0) is 13.9. The molecule has 0 saturated heterocycles. The second-order valence-corrected chi connectivity index (χ2v) is 5.79. The molecule has 2 aromatic carbocycles. The second kappa shape index (κ2) is 5.69. The predicted octanol–water partition coefficient (Wildman–Crippen LogP) is 3.62. The summed E-state index contributed by atoms with van der Waals surface area (Å²) in [7, 11) is 0. The van der Waals surface area contributed by atoms with Gasteiger partial charge in [-0.2, -0.15) is 0 Å². The maximum atomic E-state index is 5.76. The van der Waals surface area contributed by atoms with Crippen LogP contribution in [0.2, 0.25) is 0 Å². The van der Waals surface area contributed by atoms with Gasteiger partial charge in [-0.3, -0.25) is 0 Å². The topological polar surface area (TPSA) is 54.7 Å². The lowest BCUT2D eigenvalue weighted by Gasteiger charge is -2.05. The summed E-state index contributed by atoms with van der Waals surface area (Å²) in [4.78, 5) is 7.97. The van der Waals surface area contributed by atoms with Crippen molar-refractivity contribution in [1.82, 2.24) is 9.97 Å². The van der Waals surface area contributed by atoms with Crippen LogP contribution in [0.15, 0.2) is 47.6 Å². The number of nitrogens with zero attached hydrogens (tertiary/aromatic N) is 1. The average molecular weight is 283 g/mol. The van der Waals surface area contributed by atoms with Crippen molar-refractivity contribution in [2.24, 2.45) is 5.73 Å². The maximum absolute atomic E-state index is 5.76. The number of rotatable bonds is 4. The smallest absolute Gasteiger partial charge is 0.166 e. The molecule has 1 heterocycles. The lowest BCUT2D eigenvalue weighted by Crippen LogP contribution is -2.00. The van der Waals surface area contributed by atoms with Crippen LogP contribution in [-0.2, 0) is 12.3 Å². The van der Waals surface area contributed by atoms with Crippen LogP contribution in [0, 0.1) is 6.92 Å². The summed E-state index contributed by atoms with van der Waals surface area (Å²) in [5, 5.41) is 0.956. The third kappa shape index (κ3) is 2.71. The van der Waals surface area contributed by atoms with Crippen molar-refractivity contribution < 1.29 is 0 Å². The van der Waals surface area contributed by atoms with Gasteiger partial charge in [0.2, 0.25) is 0 Å². The first-order valence-corrected chi connectivity index (χ1v) is 7.61. The van der Waals surface area contributed by atoms with Crippen LogP contribution in [-0.4, -0.2) is 9.97 Å². The van der Waals surface area contributed by atoms with Gasteiger partial charge in [0.15, 0.2) is 5.16 Å². The molecule has 0 radical (unpaired) electrons. The Morgan fingerprint density at radius 2 is 1.95 bits per heavy atom. The van der Waals surface area contributed by atoms with Gasteiger partial charge in [0.25, 0.3) is 0 Å². The van der Waals surface area contributed by atoms with E-state index in [1.54, 1.807) is 11.8 Å². The standard InChI is InChI=1S/C16H17N3S/c1-11-6-7-14-15(8-11)19-16(18-14)20-10-13-5-3-2-4-12(13)9-17/h2-8H,9-10,17H2,1H3,(H,18,19). The summed E-state index contributed by atoms with van der Waals surface area (Å²) in [6.45, 7) is 2.67. The van der Waals surface area contributed by atoms with E-state index >= 15 is 0 Å². The number of hydrogen-bond donors (Lipinski definition) is 2. The van der Waals surface area contributed by atoms with Gasteiger partial charge >= 0.3 is 0 Å². The van der Waals surface area contributed by atoms with Crippen molar-refractivity contribution in [2.45, 2.75) is 24.4 Å². The van der Waals surface area contributed by atoms with Crippen LogP contribution < -0.4 is 5.73 Å². The molecule has 20 heavy (non-hydrogen) atoms. The van der Waals surface area contributed by atoms with Crippen LogP contribution in [0.5, 0.6) is 0 Å². The molecule has 0 unspecified atom stereocenters. The quantitative estimate of drug-likeness (QED) is 0.719. The normalized spacial score (nSPS) is 11.1. The highest BCUT2D eigenvalue weighted by Gasteiger charge is 2.05. The van der Waals surface area contributed by atoms with Gasteiger partial charge in [-0.25, -0.2) is 4.98 Å². The van der Waals surface area contributed by atoms with Crippen LogP contribution in [0.3, 0.4) is 0 Å². The molecule has 0 aliphatic carbocycles. The zero-order valence-corrected chi connectivity index (χ0v) is 12.2. The molecule has 0 saturated carbocycles. The highest BCUT2D eigenvalue weighted by molar-refractivity contribution is 7.98. The number of thioether (sulfide) groups is 1. The Morgan fingerprint density at radius 3 is 2.75 bits per heavy atom. The van der Waals surface area contributed by atoms with Crippen molar-refractivity contribution in [3.8, 4) is 0 Å². The van der Waals surface area contributed by atoms with Gasteiger partial charge in [-0.05, 0) is 35.7 Å². The predicted molar refractivity (Wildman–Crippen MR) is 84.7 cm³/mol. The molecule has 3 N–H and O–H groups in total. The molecule has 3 aromatic rings. The highest BCUT2D eigenvalue weighted by atomic mass is 32.2. The first-order valence-electron chi connectivity index (χ1n) is 6.62. The minimum absolute atomic E-state index is 0.579. The van der Waals surface area contributed by atoms with Gasteiger partial charge in [-0.15, -0.1) is 0 Å². The Hall–Kier alpha value is -1.78. The van der Waals surface area contributed by atoms with E-state index in [1.165, 1.54) is 16.7 Å². The fourth-order valence-electron chi connectivity index (χ4n) is 2.21. The minimum Gasteiger partial charge on any atom is -0.333 e. The van der Waals surface area contributed by atoms with Crippen molar-refractivity contribution in [1.29, 1.82) is 0 Å². The summed E-state index contributed by atoms with van der Waals surface area (Å²) >= 11 is 1.71. The number of aromatic amines is 1. The van der Waals surface area contributed by atoms with Gasteiger partial charge in [-0.1, -0.05) is 42.1 Å². The van der Waals surface area contributed by atoms with E-state index in [4.69, 9.17) is 5.73 Å². The number of benzene rings is 2. The molecule has 0 bridgehead atoms. The molecular weight excluding hydrogens is 266 g/mol. The highest BCUT2D eigenvalue weighted by Crippen LogP contribution is 2.24. The van der Waals surface area contributed by atoms with Crippen LogP contribution in [0.1, 0.15) is 16.7 Å². The number of nitrogens with one attached hydrogen (secondary N) is 1. The van der Waals surface area contributed by atoms with Crippen molar-refractivity contribution in [2.75, 3.05) is 0 Å². The first kappa shape index (κ1) is 13.2. The van der Waals surface area contributed by atoms with E-state index < -0.39 is 0 Å². The Labute approximate surface area is 122 Å². The number of aryl methyl sites for hydroxylation is 1. The van der Waals surface area contributed by atoms with Crippen molar-refractivity contribution >= 4 is 22.8 Å². The Morgan fingerprint density at radius 1 is 1.15 bits per heavy atom. The SMILES string of the molecule is Cc1ccc2nc(SCc3ccccc3CN)[nH]c2c1. The average Bonchev–Trinajstić information content (AvgIpc) is 2.87. The van der Waals surface area contributed by atoms with E-state index in [9.17, 15) is 0 Å². The minimum atomic E-state index is 0.579. The van der Waals surface area contributed by atoms with Crippen LogP contribution in [0.25, 0.3) is 11.0 Å². The lowest BCUT2D eigenvalue weighted by atomic mass is 10.1. The molecule has 0 amide bonds. The van der Waals surface area contributed by atoms with E-state index in [0.717, 1.165) is 21.9 Å². The van der Waals surface area contributed by atoms with Crippen LogP contribution in [0.4, 0.5) is 0 Å². The van der Waals surface area contributed by atoms with Gasteiger partial charge in [0.1, 0.15) is 0 Å². The van der Waals surface area contributed by atoms with Gasteiger partial charge < -0.3 is 10.7 Å². The first-order chi connectivity index (χ1) is 9.76. The third-order valence-corrected chi connectivity index (χ3v) is 4.24. The molecule has 0 aliphatic rings. The molecule has 0 aliphatic heterocycles. The monoisotopic (exact) mass is 283 g/mol. The van der Waals surface area contributed by atoms with E-state index in [0.29, 0.717) is 6.54 Å². The fourth-order valence-corrected chi connectivity index (χ4v) is 3.13. The van der Waals surface area contributed by atoms with E-state index in [2.05, 4.69) is 53.3 Å².